The monoisotopic (exact) mass is 343 g/mol. The zero-order valence-corrected chi connectivity index (χ0v) is 14.4. The molecule has 5 nitrogen and oxygen atoms in total. The summed E-state index contributed by atoms with van der Waals surface area (Å²) < 4.78 is 0. The number of hydrogen-bond acceptors (Lipinski definition) is 5. The van der Waals surface area contributed by atoms with E-state index in [0.29, 0.717) is 11.8 Å². The van der Waals surface area contributed by atoms with Crippen molar-refractivity contribution >= 4 is 22.4 Å². The highest BCUT2D eigenvalue weighted by molar-refractivity contribution is 7.13. The van der Waals surface area contributed by atoms with Crippen LogP contribution in [0.3, 0.4) is 0 Å². The summed E-state index contributed by atoms with van der Waals surface area (Å²) >= 11 is 1.59. The van der Waals surface area contributed by atoms with Crippen molar-refractivity contribution in [3.8, 4) is 0 Å². The lowest BCUT2D eigenvalue weighted by atomic mass is 9.89. The van der Waals surface area contributed by atoms with Crippen LogP contribution in [-0.4, -0.2) is 40.5 Å². The molecule has 24 heavy (non-hydrogen) atoms. The first-order chi connectivity index (χ1) is 11.7. The largest absolute Gasteiger partial charge is 0.390 e. The van der Waals surface area contributed by atoms with Crippen molar-refractivity contribution in [3.05, 3.63) is 47.0 Å². The molecule has 1 aromatic carbocycles. The number of aliphatic hydroxyl groups excluding tert-OH is 1. The summed E-state index contributed by atoms with van der Waals surface area (Å²) in [5.74, 6) is 1.06. The van der Waals surface area contributed by atoms with Gasteiger partial charge in [-0.2, -0.15) is 0 Å². The first-order valence-electron chi connectivity index (χ1n) is 8.29. The average Bonchev–Trinajstić information content (AvgIpc) is 3.28. The van der Waals surface area contributed by atoms with Gasteiger partial charge in [0.1, 0.15) is 0 Å². The number of anilines is 1. The molecule has 0 bridgehead atoms. The maximum Gasteiger partial charge on any atom is 0.219 e. The lowest BCUT2D eigenvalue weighted by molar-refractivity contribution is -0.130. The van der Waals surface area contributed by atoms with Gasteiger partial charge in [-0.3, -0.25) is 4.79 Å². The van der Waals surface area contributed by atoms with Gasteiger partial charge in [0, 0.05) is 43.8 Å². The molecule has 0 radical (unpaired) electrons. The third-order valence-corrected chi connectivity index (χ3v) is 6.13. The number of likely N-dealkylation sites (tertiary alicyclic amines) is 1. The third-order valence-electron chi connectivity index (χ3n) is 5.18. The van der Waals surface area contributed by atoms with Crippen molar-refractivity contribution in [1.82, 2.24) is 9.88 Å². The summed E-state index contributed by atoms with van der Waals surface area (Å²) in [6, 6.07) is 10.5. The van der Waals surface area contributed by atoms with Crippen molar-refractivity contribution in [2.24, 2.45) is 11.8 Å². The molecular formula is C18H21N3O2S. The maximum atomic E-state index is 12.1. The lowest BCUT2D eigenvalue weighted by Gasteiger charge is -2.29. The number of fused-ring (bicyclic) bond motifs is 1. The van der Waals surface area contributed by atoms with Crippen LogP contribution in [-0.2, 0) is 11.4 Å². The Hall–Kier alpha value is -1.92. The predicted molar refractivity (Wildman–Crippen MR) is 93.8 cm³/mol. The van der Waals surface area contributed by atoms with Gasteiger partial charge in [-0.1, -0.05) is 30.3 Å². The summed E-state index contributed by atoms with van der Waals surface area (Å²) in [5.41, 5.74) is 1.95. The molecule has 4 rings (SSSR count). The molecule has 1 aromatic heterocycles. The standard InChI is InChI=1S/C18H21N3O2S/c1-12(23)21-8-14-7-20(18-19-15(10-22)11-24-18)9-16(14)17(21)13-5-3-2-4-6-13/h2-6,11,14,16-17,22H,7-10H2,1H3/t14-,16-,17-/m1/s1. The number of carbonyl (C=O) groups is 1. The first kappa shape index (κ1) is 15.6. The summed E-state index contributed by atoms with van der Waals surface area (Å²) in [6.07, 6.45) is 0. The number of rotatable bonds is 3. The second-order valence-electron chi connectivity index (χ2n) is 6.64. The molecule has 2 aliphatic heterocycles. The van der Waals surface area contributed by atoms with E-state index in [1.807, 2.05) is 28.5 Å². The molecular weight excluding hydrogens is 322 g/mol. The second kappa shape index (κ2) is 6.18. The van der Waals surface area contributed by atoms with Crippen LogP contribution >= 0.6 is 11.3 Å². The van der Waals surface area contributed by atoms with E-state index in [2.05, 4.69) is 22.0 Å². The molecule has 126 valence electrons. The fraction of sp³-hybridized carbons (Fsp3) is 0.444. The summed E-state index contributed by atoms with van der Waals surface area (Å²) in [5, 5.41) is 12.1. The van der Waals surface area contributed by atoms with E-state index in [0.717, 1.165) is 30.5 Å². The molecule has 0 saturated carbocycles. The fourth-order valence-corrected chi connectivity index (χ4v) is 4.95. The summed E-state index contributed by atoms with van der Waals surface area (Å²) in [7, 11) is 0. The van der Waals surface area contributed by atoms with Gasteiger partial charge in [-0.05, 0) is 5.56 Å². The van der Waals surface area contributed by atoms with Gasteiger partial charge in [0.2, 0.25) is 5.91 Å². The van der Waals surface area contributed by atoms with Gasteiger partial charge in [0.05, 0.1) is 18.3 Å². The Labute approximate surface area is 145 Å². The average molecular weight is 343 g/mol. The van der Waals surface area contributed by atoms with Gasteiger partial charge in [-0.15, -0.1) is 11.3 Å². The van der Waals surface area contributed by atoms with Crippen molar-refractivity contribution in [2.45, 2.75) is 19.6 Å². The topological polar surface area (TPSA) is 56.7 Å². The molecule has 3 atom stereocenters. The molecule has 2 saturated heterocycles. The SMILES string of the molecule is CC(=O)N1C[C@H]2CN(c3nc(CO)cs3)C[C@H]2[C@H]1c1ccccc1. The predicted octanol–water partition coefficient (Wildman–Crippen LogP) is 2.29. The number of aliphatic hydroxyl groups is 1. The van der Waals surface area contributed by atoms with E-state index in [1.54, 1.807) is 18.3 Å². The number of benzene rings is 1. The first-order valence-corrected chi connectivity index (χ1v) is 9.17. The minimum Gasteiger partial charge on any atom is -0.390 e. The van der Waals surface area contributed by atoms with Crippen molar-refractivity contribution in [1.29, 1.82) is 0 Å². The van der Waals surface area contributed by atoms with E-state index in [4.69, 9.17) is 0 Å². The van der Waals surface area contributed by atoms with Crippen molar-refractivity contribution in [2.75, 3.05) is 24.5 Å². The molecule has 0 aliphatic carbocycles. The minimum absolute atomic E-state index is 0.0120. The molecule has 2 aromatic rings. The van der Waals surface area contributed by atoms with Crippen LogP contribution in [0.2, 0.25) is 0 Å². The van der Waals surface area contributed by atoms with Gasteiger partial charge in [-0.25, -0.2) is 4.98 Å². The lowest BCUT2D eigenvalue weighted by Crippen LogP contribution is -2.34. The number of aromatic nitrogens is 1. The smallest absolute Gasteiger partial charge is 0.219 e. The highest BCUT2D eigenvalue weighted by Gasteiger charge is 2.48. The number of nitrogens with zero attached hydrogens (tertiary/aromatic N) is 3. The molecule has 6 heteroatoms. The van der Waals surface area contributed by atoms with Crippen LogP contribution in [0.5, 0.6) is 0 Å². The summed E-state index contributed by atoms with van der Waals surface area (Å²) in [6.45, 7) is 4.31. The van der Waals surface area contributed by atoms with Gasteiger partial charge in [0.15, 0.2) is 5.13 Å². The number of carbonyl (C=O) groups excluding carboxylic acids is 1. The van der Waals surface area contributed by atoms with E-state index in [-0.39, 0.29) is 18.6 Å². The molecule has 2 fully saturated rings. The van der Waals surface area contributed by atoms with Crippen LogP contribution in [0.4, 0.5) is 5.13 Å². The molecule has 1 amide bonds. The van der Waals surface area contributed by atoms with E-state index >= 15 is 0 Å². The molecule has 2 aliphatic rings. The molecule has 1 N–H and O–H groups in total. The summed E-state index contributed by atoms with van der Waals surface area (Å²) in [4.78, 5) is 21.0. The Balaban J connectivity index is 1.60. The minimum atomic E-state index is -0.0120. The number of thiazole rings is 1. The van der Waals surface area contributed by atoms with Crippen LogP contribution in [0, 0.1) is 11.8 Å². The third kappa shape index (κ3) is 2.59. The highest BCUT2D eigenvalue weighted by atomic mass is 32.1. The molecule has 0 spiro atoms. The maximum absolute atomic E-state index is 12.1. The van der Waals surface area contributed by atoms with Crippen LogP contribution in [0.25, 0.3) is 0 Å². The van der Waals surface area contributed by atoms with E-state index in [1.165, 1.54) is 5.56 Å². The highest BCUT2D eigenvalue weighted by Crippen LogP contribution is 2.46. The van der Waals surface area contributed by atoms with Crippen LogP contribution in [0.15, 0.2) is 35.7 Å². The molecule has 0 unspecified atom stereocenters. The zero-order chi connectivity index (χ0) is 16.7. The molecule has 3 heterocycles. The number of amides is 1. The second-order valence-corrected chi connectivity index (χ2v) is 7.47. The van der Waals surface area contributed by atoms with Crippen molar-refractivity contribution < 1.29 is 9.90 Å². The van der Waals surface area contributed by atoms with E-state index in [9.17, 15) is 9.90 Å². The number of hydrogen-bond donors (Lipinski definition) is 1. The Morgan fingerprint density at radius 2 is 2.08 bits per heavy atom. The Morgan fingerprint density at radius 3 is 2.75 bits per heavy atom. The van der Waals surface area contributed by atoms with Crippen molar-refractivity contribution in [3.63, 3.8) is 0 Å². The quantitative estimate of drug-likeness (QED) is 0.929. The Kier molecular flexibility index (Phi) is 4.02. The Bertz CT molecular complexity index is 733. The zero-order valence-electron chi connectivity index (χ0n) is 13.6. The fourth-order valence-electron chi connectivity index (χ4n) is 4.12. The normalized spacial score (nSPS) is 26.0. The van der Waals surface area contributed by atoms with Crippen LogP contribution in [0.1, 0.15) is 24.2 Å². The van der Waals surface area contributed by atoms with E-state index < -0.39 is 0 Å². The van der Waals surface area contributed by atoms with Gasteiger partial charge in [0.25, 0.3) is 0 Å². The Morgan fingerprint density at radius 1 is 1.29 bits per heavy atom. The van der Waals surface area contributed by atoms with Crippen LogP contribution < -0.4 is 4.90 Å². The van der Waals surface area contributed by atoms with Gasteiger partial charge < -0.3 is 14.9 Å². The van der Waals surface area contributed by atoms with Gasteiger partial charge >= 0.3 is 0 Å².